The van der Waals surface area contributed by atoms with E-state index in [1.54, 1.807) is 6.07 Å². The zero-order valence-electron chi connectivity index (χ0n) is 15.1. The Hall–Kier alpha value is -1.89. The van der Waals surface area contributed by atoms with Gasteiger partial charge in [-0.3, -0.25) is 14.6 Å². The highest BCUT2D eigenvalue weighted by molar-refractivity contribution is 5.91. The van der Waals surface area contributed by atoms with Crippen molar-refractivity contribution in [3.8, 4) is 0 Å². The van der Waals surface area contributed by atoms with Gasteiger partial charge in [-0.1, -0.05) is 35.5 Å². The van der Waals surface area contributed by atoms with Crippen molar-refractivity contribution in [3.63, 3.8) is 0 Å². The summed E-state index contributed by atoms with van der Waals surface area (Å²) in [4.78, 5) is 17.0. The number of aromatic nitrogens is 1. The van der Waals surface area contributed by atoms with Crippen LogP contribution in [0.4, 0.5) is 5.82 Å². The van der Waals surface area contributed by atoms with Crippen molar-refractivity contribution in [2.75, 3.05) is 38.5 Å². The SMILES string of the molecule is Cc1cc(NC(=O)CN2C[C@@H]3CN(C)[C@@H](c4ccccc4)[C@@H]3C2)no1.Cl. The van der Waals surface area contributed by atoms with Gasteiger partial charge in [0.25, 0.3) is 0 Å². The van der Waals surface area contributed by atoms with Gasteiger partial charge >= 0.3 is 0 Å². The van der Waals surface area contributed by atoms with E-state index >= 15 is 0 Å². The quantitative estimate of drug-likeness (QED) is 0.888. The Kier molecular flexibility index (Phi) is 5.65. The molecule has 1 N–H and O–H groups in total. The van der Waals surface area contributed by atoms with Gasteiger partial charge in [-0.2, -0.15) is 0 Å². The second-order valence-corrected chi connectivity index (χ2v) is 7.28. The number of hydrogen-bond donors (Lipinski definition) is 1. The predicted octanol–water partition coefficient (Wildman–Crippen LogP) is 2.58. The van der Waals surface area contributed by atoms with E-state index in [1.165, 1.54) is 5.56 Å². The van der Waals surface area contributed by atoms with Gasteiger partial charge in [0, 0.05) is 31.7 Å². The molecule has 6 nitrogen and oxygen atoms in total. The number of hydrogen-bond acceptors (Lipinski definition) is 5. The maximum absolute atomic E-state index is 12.3. The molecule has 4 rings (SSSR count). The number of aryl methyl sites for hydroxylation is 1. The minimum absolute atomic E-state index is 0. The average Bonchev–Trinajstić information content (AvgIpc) is 3.22. The van der Waals surface area contributed by atoms with Gasteiger partial charge < -0.3 is 9.84 Å². The van der Waals surface area contributed by atoms with Gasteiger partial charge in [-0.05, 0) is 31.4 Å². The van der Waals surface area contributed by atoms with Crippen LogP contribution in [0.1, 0.15) is 17.4 Å². The van der Waals surface area contributed by atoms with E-state index < -0.39 is 0 Å². The first-order chi connectivity index (χ1) is 12.1. The van der Waals surface area contributed by atoms with Crippen LogP contribution in [0.5, 0.6) is 0 Å². The molecule has 1 amide bonds. The number of fused-ring (bicyclic) bond motifs is 1. The van der Waals surface area contributed by atoms with Crippen LogP contribution in [-0.2, 0) is 4.79 Å². The van der Waals surface area contributed by atoms with Crippen LogP contribution in [-0.4, -0.2) is 54.1 Å². The number of anilines is 1. The van der Waals surface area contributed by atoms with Crippen LogP contribution in [0.2, 0.25) is 0 Å². The third kappa shape index (κ3) is 3.77. The lowest BCUT2D eigenvalue weighted by molar-refractivity contribution is -0.117. The Morgan fingerprint density at radius 1 is 1.27 bits per heavy atom. The minimum Gasteiger partial charge on any atom is -0.360 e. The number of nitrogens with one attached hydrogen (secondary N) is 1. The van der Waals surface area contributed by atoms with Crippen molar-refractivity contribution < 1.29 is 9.32 Å². The van der Waals surface area contributed by atoms with Gasteiger partial charge in [0.05, 0.1) is 6.54 Å². The van der Waals surface area contributed by atoms with Crippen molar-refractivity contribution in [2.45, 2.75) is 13.0 Å². The van der Waals surface area contributed by atoms with E-state index in [0.717, 1.165) is 19.6 Å². The lowest BCUT2D eigenvalue weighted by Crippen LogP contribution is -2.34. The van der Waals surface area contributed by atoms with Gasteiger partial charge in [-0.25, -0.2) is 0 Å². The number of amides is 1. The van der Waals surface area contributed by atoms with Crippen LogP contribution < -0.4 is 5.32 Å². The molecule has 7 heteroatoms. The van der Waals surface area contributed by atoms with E-state index in [1.807, 2.05) is 6.92 Å². The van der Waals surface area contributed by atoms with Gasteiger partial charge in [0.15, 0.2) is 5.82 Å². The molecule has 2 aromatic rings. The summed E-state index contributed by atoms with van der Waals surface area (Å²) < 4.78 is 4.99. The van der Waals surface area contributed by atoms with Crippen LogP contribution >= 0.6 is 12.4 Å². The summed E-state index contributed by atoms with van der Waals surface area (Å²) in [6, 6.07) is 12.9. The molecule has 3 heterocycles. The number of nitrogens with zero attached hydrogens (tertiary/aromatic N) is 3. The molecule has 1 aromatic carbocycles. The standard InChI is InChI=1S/C19H24N4O2.ClH/c1-13-8-17(21-25-13)20-18(24)12-23-10-15-9-22(2)19(16(15)11-23)14-6-4-3-5-7-14;/h3-8,15-16,19H,9-12H2,1-2H3,(H,20,21,24);1H/t15-,16+,19-;/m0./s1. The molecule has 2 saturated heterocycles. The number of rotatable bonds is 4. The van der Waals surface area contributed by atoms with Crippen molar-refractivity contribution >= 4 is 24.1 Å². The molecule has 0 aliphatic carbocycles. The highest BCUT2D eigenvalue weighted by Crippen LogP contribution is 2.43. The first-order valence-electron chi connectivity index (χ1n) is 8.81. The summed E-state index contributed by atoms with van der Waals surface area (Å²) in [5, 5.41) is 6.63. The lowest BCUT2D eigenvalue weighted by atomic mass is 9.90. The maximum atomic E-state index is 12.3. The third-order valence-corrected chi connectivity index (χ3v) is 5.37. The van der Waals surface area contributed by atoms with Crippen LogP contribution in [0.15, 0.2) is 40.9 Å². The van der Waals surface area contributed by atoms with Crippen molar-refractivity contribution in [2.24, 2.45) is 11.8 Å². The Balaban J connectivity index is 0.00000196. The smallest absolute Gasteiger partial charge is 0.239 e. The second-order valence-electron chi connectivity index (χ2n) is 7.28. The largest absolute Gasteiger partial charge is 0.360 e. The Morgan fingerprint density at radius 3 is 2.73 bits per heavy atom. The molecule has 1 aromatic heterocycles. The Morgan fingerprint density at radius 2 is 2.04 bits per heavy atom. The fourth-order valence-electron chi connectivity index (χ4n) is 4.44. The molecule has 2 aliphatic heterocycles. The zero-order chi connectivity index (χ0) is 17.4. The molecule has 0 spiro atoms. The predicted molar refractivity (Wildman–Crippen MR) is 102 cm³/mol. The second kappa shape index (κ2) is 7.78. The van der Waals surface area contributed by atoms with Crippen LogP contribution in [0, 0.1) is 18.8 Å². The fourth-order valence-corrected chi connectivity index (χ4v) is 4.44. The zero-order valence-corrected chi connectivity index (χ0v) is 15.9. The van der Waals surface area contributed by atoms with E-state index in [-0.39, 0.29) is 18.3 Å². The molecule has 2 fully saturated rings. The Bertz CT molecular complexity index is 751. The summed E-state index contributed by atoms with van der Waals surface area (Å²) >= 11 is 0. The molecule has 140 valence electrons. The summed E-state index contributed by atoms with van der Waals surface area (Å²) in [5.74, 6) is 2.35. The number of likely N-dealkylation sites (tertiary alicyclic amines) is 2. The summed E-state index contributed by atoms with van der Waals surface area (Å²) in [6.07, 6.45) is 0. The maximum Gasteiger partial charge on any atom is 0.239 e. The molecular formula is C19H25ClN4O2. The van der Waals surface area contributed by atoms with E-state index in [4.69, 9.17) is 4.52 Å². The minimum atomic E-state index is -0.0297. The Labute approximate surface area is 159 Å². The summed E-state index contributed by atoms with van der Waals surface area (Å²) in [6.45, 7) is 5.24. The lowest BCUT2D eigenvalue weighted by Gasteiger charge is -2.26. The van der Waals surface area contributed by atoms with Gasteiger partial charge in [-0.15, -0.1) is 12.4 Å². The molecule has 3 atom stereocenters. The topological polar surface area (TPSA) is 61.6 Å². The van der Waals surface area contributed by atoms with E-state index in [9.17, 15) is 4.79 Å². The monoisotopic (exact) mass is 376 g/mol. The first-order valence-corrected chi connectivity index (χ1v) is 8.81. The molecule has 2 aliphatic rings. The number of halogens is 1. The van der Waals surface area contributed by atoms with Gasteiger partial charge in [0.2, 0.25) is 5.91 Å². The summed E-state index contributed by atoms with van der Waals surface area (Å²) in [5.41, 5.74) is 1.38. The van der Waals surface area contributed by atoms with E-state index in [0.29, 0.717) is 36.0 Å². The number of carbonyl (C=O) groups is 1. The van der Waals surface area contributed by atoms with Crippen LogP contribution in [0.25, 0.3) is 0 Å². The van der Waals surface area contributed by atoms with Crippen LogP contribution in [0.3, 0.4) is 0 Å². The normalized spacial score (nSPS) is 25.7. The average molecular weight is 377 g/mol. The molecule has 0 saturated carbocycles. The van der Waals surface area contributed by atoms with Gasteiger partial charge in [0.1, 0.15) is 5.76 Å². The number of carbonyl (C=O) groups excluding carboxylic acids is 1. The molecule has 0 bridgehead atoms. The van der Waals surface area contributed by atoms with Crippen molar-refractivity contribution in [1.82, 2.24) is 15.0 Å². The highest BCUT2D eigenvalue weighted by Gasteiger charge is 2.46. The highest BCUT2D eigenvalue weighted by atomic mass is 35.5. The first kappa shape index (κ1) is 18.9. The summed E-state index contributed by atoms with van der Waals surface area (Å²) in [7, 11) is 2.21. The molecule has 0 unspecified atom stereocenters. The third-order valence-electron chi connectivity index (χ3n) is 5.37. The van der Waals surface area contributed by atoms with E-state index in [2.05, 4.69) is 57.7 Å². The van der Waals surface area contributed by atoms with Crippen molar-refractivity contribution in [1.29, 1.82) is 0 Å². The fraction of sp³-hybridized carbons (Fsp3) is 0.474. The number of benzene rings is 1. The molecular weight excluding hydrogens is 352 g/mol. The molecule has 26 heavy (non-hydrogen) atoms. The molecule has 0 radical (unpaired) electrons. The van der Waals surface area contributed by atoms with Crippen molar-refractivity contribution in [3.05, 3.63) is 47.7 Å².